The molecule has 0 saturated heterocycles. The van der Waals surface area contributed by atoms with Crippen molar-refractivity contribution in [1.29, 1.82) is 0 Å². The Labute approximate surface area is 123 Å². The molecule has 0 fully saturated rings. The minimum absolute atomic E-state index is 0.196. The fourth-order valence-electron chi connectivity index (χ4n) is 2.16. The molecule has 1 amide bonds. The van der Waals surface area contributed by atoms with Gasteiger partial charge in [0.1, 0.15) is 5.82 Å². The molecule has 1 aromatic heterocycles. The van der Waals surface area contributed by atoms with Crippen molar-refractivity contribution >= 4 is 11.6 Å². The highest BCUT2D eigenvalue weighted by Gasteiger charge is 2.19. The molecule has 4 nitrogen and oxygen atoms in total. The highest BCUT2D eigenvalue weighted by molar-refractivity contribution is 5.99. The molecule has 1 aromatic carbocycles. The van der Waals surface area contributed by atoms with Crippen molar-refractivity contribution < 1.29 is 9.18 Å². The third-order valence-corrected chi connectivity index (χ3v) is 3.29. The summed E-state index contributed by atoms with van der Waals surface area (Å²) in [6.07, 6.45) is 3.38. The summed E-state index contributed by atoms with van der Waals surface area (Å²) >= 11 is 0. The lowest BCUT2D eigenvalue weighted by Crippen LogP contribution is -2.31. The predicted octanol–water partition coefficient (Wildman–Crippen LogP) is 2.92. The summed E-state index contributed by atoms with van der Waals surface area (Å²) in [6, 6.07) is 8.24. The maximum Gasteiger partial charge on any atom is 0.256 e. The Hall–Kier alpha value is -2.43. The van der Waals surface area contributed by atoms with Crippen LogP contribution in [0, 0.1) is 5.82 Å². The van der Waals surface area contributed by atoms with E-state index in [1.165, 1.54) is 6.07 Å². The molecule has 0 atom stereocenters. The van der Waals surface area contributed by atoms with Crippen LogP contribution in [-0.2, 0) is 6.54 Å². The topological polar surface area (TPSA) is 45.2 Å². The van der Waals surface area contributed by atoms with Gasteiger partial charge < -0.3 is 10.2 Å². The first kappa shape index (κ1) is 15.0. The van der Waals surface area contributed by atoms with Gasteiger partial charge in [-0.25, -0.2) is 4.39 Å². The van der Waals surface area contributed by atoms with Crippen LogP contribution >= 0.6 is 0 Å². The zero-order chi connectivity index (χ0) is 15.2. The van der Waals surface area contributed by atoms with Gasteiger partial charge in [0.05, 0.1) is 11.3 Å². The SMILES string of the molecule is CCN(Cc1ccncc1)C(=O)c1cccc(F)c1NC. The number of nitrogens with one attached hydrogen (secondary N) is 1. The van der Waals surface area contributed by atoms with Gasteiger partial charge in [-0.2, -0.15) is 0 Å². The Morgan fingerprint density at radius 1 is 1.29 bits per heavy atom. The molecule has 0 unspecified atom stereocenters. The van der Waals surface area contributed by atoms with Gasteiger partial charge in [-0.3, -0.25) is 9.78 Å². The highest BCUT2D eigenvalue weighted by Crippen LogP contribution is 2.21. The van der Waals surface area contributed by atoms with Gasteiger partial charge in [-0.15, -0.1) is 0 Å². The molecule has 0 radical (unpaired) electrons. The summed E-state index contributed by atoms with van der Waals surface area (Å²) in [5, 5.41) is 2.76. The molecule has 0 aliphatic carbocycles. The van der Waals surface area contributed by atoms with Crippen molar-refractivity contribution in [3.63, 3.8) is 0 Å². The molecule has 0 bridgehead atoms. The molecule has 110 valence electrons. The summed E-state index contributed by atoms with van der Waals surface area (Å²) in [5.74, 6) is -0.624. The van der Waals surface area contributed by atoms with E-state index in [0.717, 1.165) is 5.56 Å². The number of aromatic nitrogens is 1. The van der Waals surface area contributed by atoms with Crippen LogP contribution in [-0.4, -0.2) is 29.4 Å². The number of benzene rings is 1. The van der Waals surface area contributed by atoms with Crippen molar-refractivity contribution in [3.8, 4) is 0 Å². The summed E-state index contributed by atoms with van der Waals surface area (Å²) in [6.45, 7) is 2.91. The summed E-state index contributed by atoms with van der Waals surface area (Å²) in [5.41, 5.74) is 1.56. The lowest BCUT2D eigenvalue weighted by Gasteiger charge is -2.22. The Bertz CT molecular complexity index is 616. The van der Waals surface area contributed by atoms with Crippen molar-refractivity contribution in [2.45, 2.75) is 13.5 Å². The average molecular weight is 287 g/mol. The smallest absolute Gasteiger partial charge is 0.256 e. The maximum atomic E-state index is 13.8. The summed E-state index contributed by atoms with van der Waals surface area (Å²) in [4.78, 5) is 18.2. The second-order valence-electron chi connectivity index (χ2n) is 4.59. The lowest BCUT2D eigenvalue weighted by molar-refractivity contribution is 0.0753. The number of halogens is 1. The number of anilines is 1. The average Bonchev–Trinajstić information content (AvgIpc) is 2.52. The van der Waals surface area contributed by atoms with E-state index in [2.05, 4.69) is 10.3 Å². The monoisotopic (exact) mass is 287 g/mol. The standard InChI is InChI=1S/C16H18FN3O/c1-3-20(11-12-7-9-19-10-8-12)16(21)13-5-4-6-14(17)15(13)18-2/h4-10,18H,3,11H2,1-2H3. The first-order chi connectivity index (χ1) is 10.2. The Balaban J connectivity index is 2.27. The minimum Gasteiger partial charge on any atom is -0.385 e. The third kappa shape index (κ3) is 3.37. The number of para-hydroxylation sites is 1. The molecular weight excluding hydrogens is 269 g/mol. The highest BCUT2D eigenvalue weighted by atomic mass is 19.1. The number of nitrogens with zero attached hydrogens (tertiary/aromatic N) is 2. The molecule has 0 spiro atoms. The van der Waals surface area contributed by atoms with Gasteiger partial charge in [0.2, 0.25) is 0 Å². The summed E-state index contributed by atoms with van der Waals surface area (Å²) < 4.78 is 13.8. The molecule has 0 saturated carbocycles. The molecular formula is C16H18FN3O. The number of pyridine rings is 1. The van der Waals surface area contributed by atoms with Crippen LogP contribution in [0.1, 0.15) is 22.8 Å². The molecule has 1 N–H and O–H groups in total. The second kappa shape index (κ2) is 6.83. The molecule has 0 aliphatic rings. The van der Waals surface area contributed by atoms with Crippen molar-refractivity contribution in [2.24, 2.45) is 0 Å². The van der Waals surface area contributed by atoms with E-state index in [4.69, 9.17) is 0 Å². The Kier molecular flexibility index (Phi) is 4.87. The Morgan fingerprint density at radius 2 is 2.00 bits per heavy atom. The number of carbonyl (C=O) groups excluding carboxylic acids is 1. The number of carbonyl (C=O) groups is 1. The van der Waals surface area contributed by atoms with E-state index in [1.807, 2.05) is 19.1 Å². The zero-order valence-corrected chi connectivity index (χ0v) is 12.1. The third-order valence-electron chi connectivity index (χ3n) is 3.29. The van der Waals surface area contributed by atoms with E-state index in [-0.39, 0.29) is 11.6 Å². The maximum absolute atomic E-state index is 13.8. The lowest BCUT2D eigenvalue weighted by atomic mass is 10.1. The molecule has 5 heteroatoms. The van der Waals surface area contributed by atoms with Crippen LogP contribution in [0.4, 0.5) is 10.1 Å². The first-order valence-corrected chi connectivity index (χ1v) is 6.81. The van der Waals surface area contributed by atoms with E-state index in [0.29, 0.717) is 18.7 Å². The van der Waals surface area contributed by atoms with Gasteiger partial charge in [-0.1, -0.05) is 6.07 Å². The largest absolute Gasteiger partial charge is 0.385 e. The van der Waals surface area contributed by atoms with Crippen molar-refractivity contribution in [3.05, 3.63) is 59.7 Å². The van der Waals surface area contributed by atoms with Gasteiger partial charge in [0.15, 0.2) is 0 Å². The Morgan fingerprint density at radius 3 is 2.62 bits per heavy atom. The van der Waals surface area contributed by atoms with Crippen molar-refractivity contribution in [1.82, 2.24) is 9.88 Å². The van der Waals surface area contributed by atoms with E-state index < -0.39 is 5.82 Å². The van der Waals surface area contributed by atoms with E-state index in [1.54, 1.807) is 36.5 Å². The number of rotatable bonds is 5. The summed E-state index contributed by atoms with van der Waals surface area (Å²) in [7, 11) is 1.61. The van der Waals surface area contributed by atoms with Crippen LogP contribution in [0.3, 0.4) is 0 Å². The predicted molar refractivity (Wildman–Crippen MR) is 80.6 cm³/mol. The van der Waals surface area contributed by atoms with Crippen molar-refractivity contribution in [2.75, 3.05) is 18.9 Å². The second-order valence-corrected chi connectivity index (χ2v) is 4.59. The van der Waals surface area contributed by atoms with Crippen LogP contribution < -0.4 is 5.32 Å². The molecule has 1 heterocycles. The van der Waals surface area contributed by atoms with E-state index >= 15 is 0 Å². The number of amides is 1. The minimum atomic E-state index is -0.427. The van der Waals surface area contributed by atoms with Crippen LogP contribution in [0.5, 0.6) is 0 Å². The molecule has 2 aromatic rings. The molecule has 2 rings (SSSR count). The molecule has 0 aliphatic heterocycles. The normalized spacial score (nSPS) is 10.2. The number of hydrogen-bond acceptors (Lipinski definition) is 3. The van der Waals surface area contributed by atoms with Gasteiger partial charge >= 0.3 is 0 Å². The van der Waals surface area contributed by atoms with Crippen LogP contribution in [0.15, 0.2) is 42.7 Å². The zero-order valence-electron chi connectivity index (χ0n) is 12.1. The number of hydrogen-bond donors (Lipinski definition) is 1. The van der Waals surface area contributed by atoms with Gasteiger partial charge in [0, 0.05) is 32.5 Å². The van der Waals surface area contributed by atoms with Gasteiger partial charge in [0.25, 0.3) is 5.91 Å². The fourth-order valence-corrected chi connectivity index (χ4v) is 2.16. The van der Waals surface area contributed by atoms with E-state index in [9.17, 15) is 9.18 Å². The first-order valence-electron chi connectivity index (χ1n) is 6.81. The van der Waals surface area contributed by atoms with Crippen LogP contribution in [0.25, 0.3) is 0 Å². The van der Waals surface area contributed by atoms with Crippen LogP contribution in [0.2, 0.25) is 0 Å². The molecule has 21 heavy (non-hydrogen) atoms. The fraction of sp³-hybridized carbons (Fsp3) is 0.250. The van der Waals surface area contributed by atoms with Gasteiger partial charge in [-0.05, 0) is 36.8 Å². The quantitative estimate of drug-likeness (QED) is 0.919.